The predicted molar refractivity (Wildman–Crippen MR) is 83.7 cm³/mol. The maximum Gasteiger partial charge on any atom is 0.224 e. The zero-order valence-corrected chi connectivity index (χ0v) is 12.0. The van der Waals surface area contributed by atoms with Gasteiger partial charge in [0.05, 0.1) is 17.1 Å². The molecule has 1 heterocycles. The zero-order valence-electron chi connectivity index (χ0n) is 11.3. The Morgan fingerprint density at radius 2 is 1.95 bits per heavy atom. The molecule has 0 radical (unpaired) electrons. The lowest BCUT2D eigenvalue weighted by molar-refractivity contribution is 1.21. The molecule has 0 unspecified atom stereocenters. The second-order valence-corrected chi connectivity index (χ2v) is 4.96. The van der Waals surface area contributed by atoms with Gasteiger partial charge in [-0.15, -0.1) is 0 Å². The molecule has 0 aliphatic rings. The van der Waals surface area contributed by atoms with Crippen molar-refractivity contribution in [1.82, 2.24) is 9.97 Å². The molecule has 102 valence electrons. The van der Waals surface area contributed by atoms with E-state index >= 15 is 0 Å². The van der Waals surface area contributed by atoms with E-state index in [9.17, 15) is 0 Å². The number of fused-ring (bicyclic) bond motifs is 1. The number of rotatable bonds is 2. The Morgan fingerprint density at radius 3 is 2.76 bits per heavy atom. The Kier molecular flexibility index (Phi) is 3.43. The smallest absolute Gasteiger partial charge is 0.224 e. The normalized spacial score (nSPS) is 10.3. The SMILES string of the molecule is Cc1ccc(C#N)cc1Nc1nc(Cl)nc2ccccc12. The van der Waals surface area contributed by atoms with Gasteiger partial charge in [0.1, 0.15) is 5.82 Å². The monoisotopic (exact) mass is 294 g/mol. The molecule has 3 aromatic rings. The fourth-order valence-electron chi connectivity index (χ4n) is 2.10. The standard InChI is InChI=1S/C16H11ClN4/c1-10-6-7-11(9-18)8-14(10)19-15-12-4-2-3-5-13(12)20-16(17)21-15/h2-8H,1H3,(H,19,20,21). The first-order valence-corrected chi connectivity index (χ1v) is 6.75. The van der Waals surface area contributed by atoms with Gasteiger partial charge in [0.25, 0.3) is 0 Å². The number of nitrogens with one attached hydrogen (secondary N) is 1. The molecule has 1 N–H and O–H groups in total. The highest BCUT2D eigenvalue weighted by Crippen LogP contribution is 2.27. The van der Waals surface area contributed by atoms with Crippen LogP contribution in [0.2, 0.25) is 5.28 Å². The summed E-state index contributed by atoms with van der Waals surface area (Å²) in [6.07, 6.45) is 0. The summed E-state index contributed by atoms with van der Waals surface area (Å²) in [5.41, 5.74) is 3.21. The van der Waals surface area contributed by atoms with Gasteiger partial charge in [0.2, 0.25) is 5.28 Å². The summed E-state index contributed by atoms with van der Waals surface area (Å²) in [6, 6.07) is 15.2. The molecule has 0 aliphatic heterocycles. The zero-order chi connectivity index (χ0) is 14.8. The molecule has 4 nitrogen and oxygen atoms in total. The van der Waals surface area contributed by atoms with Crippen LogP contribution in [0.1, 0.15) is 11.1 Å². The maximum atomic E-state index is 9.01. The lowest BCUT2D eigenvalue weighted by Crippen LogP contribution is -1.99. The van der Waals surface area contributed by atoms with E-state index in [-0.39, 0.29) is 5.28 Å². The molecule has 21 heavy (non-hydrogen) atoms. The average molecular weight is 295 g/mol. The van der Waals surface area contributed by atoms with Crippen LogP contribution in [0.3, 0.4) is 0 Å². The van der Waals surface area contributed by atoms with Crippen LogP contribution in [0.4, 0.5) is 11.5 Å². The van der Waals surface area contributed by atoms with E-state index in [2.05, 4.69) is 21.4 Å². The number of hydrogen-bond acceptors (Lipinski definition) is 4. The molecule has 0 bridgehead atoms. The van der Waals surface area contributed by atoms with Crippen molar-refractivity contribution in [3.8, 4) is 6.07 Å². The van der Waals surface area contributed by atoms with Crippen molar-refractivity contribution in [1.29, 1.82) is 5.26 Å². The Morgan fingerprint density at radius 1 is 1.14 bits per heavy atom. The maximum absolute atomic E-state index is 9.01. The molecular weight excluding hydrogens is 284 g/mol. The molecular formula is C16H11ClN4. The quantitative estimate of drug-likeness (QED) is 0.719. The van der Waals surface area contributed by atoms with Crippen LogP contribution < -0.4 is 5.32 Å². The van der Waals surface area contributed by atoms with E-state index in [0.717, 1.165) is 22.2 Å². The third-order valence-electron chi connectivity index (χ3n) is 3.20. The number of hydrogen-bond donors (Lipinski definition) is 1. The summed E-state index contributed by atoms with van der Waals surface area (Å²) in [7, 11) is 0. The van der Waals surface area contributed by atoms with Gasteiger partial charge in [-0.25, -0.2) is 4.98 Å². The van der Waals surface area contributed by atoms with Crippen LogP contribution in [-0.2, 0) is 0 Å². The first kappa shape index (κ1) is 13.3. The number of aromatic nitrogens is 2. The second-order valence-electron chi connectivity index (χ2n) is 4.62. The Hall–Kier alpha value is -2.64. The summed E-state index contributed by atoms with van der Waals surface area (Å²) in [6.45, 7) is 1.97. The second kappa shape index (κ2) is 5.39. The van der Waals surface area contributed by atoms with Gasteiger partial charge in [-0.05, 0) is 48.4 Å². The van der Waals surface area contributed by atoms with Crippen molar-refractivity contribution in [2.24, 2.45) is 0 Å². The van der Waals surface area contributed by atoms with Gasteiger partial charge >= 0.3 is 0 Å². The minimum atomic E-state index is 0.185. The average Bonchev–Trinajstić information content (AvgIpc) is 2.49. The molecule has 0 saturated carbocycles. The lowest BCUT2D eigenvalue weighted by Gasteiger charge is -2.11. The molecule has 0 atom stereocenters. The van der Waals surface area contributed by atoms with Crippen LogP contribution in [-0.4, -0.2) is 9.97 Å². The highest BCUT2D eigenvalue weighted by Gasteiger charge is 2.08. The predicted octanol–water partition coefficient (Wildman–Crippen LogP) is 4.21. The highest BCUT2D eigenvalue weighted by atomic mass is 35.5. The van der Waals surface area contributed by atoms with Crippen molar-refractivity contribution >= 4 is 34.0 Å². The van der Waals surface area contributed by atoms with Crippen molar-refractivity contribution in [2.45, 2.75) is 6.92 Å². The van der Waals surface area contributed by atoms with Crippen LogP contribution in [0, 0.1) is 18.3 Å². The largest absolute Gasteiger partial charge is 0.339 e. The van der Waals surface area contributed by atoms with E-state index in [4.69, 9.17) is 16.9 Å². The number of para-hydroxylation sites is 1. The van der Waals surface area contributed by atoms with Crippen LogP contribution in [0.25, 0.3) is 10.9 Å². The van der Waals surface area contributed by atoms with Gasteiger partial charge in [0, 0.05) is 11.1 Å². The van der Waals surface area contributed by atoms with Gasteiger partial charge in [-0.3, -0.25) is 0 Å². The number of nitrogens with zero attached hydrogens (tertiary/aromatic N) is 3. The number of aryl methyl sites for hydroxylation is 1. The topological polar surface area (TPSA) is 61.6 Å². The van der Waals surface area contributed by atoms with Crippen molar-refractivity contribution < 1.29 is 0 Å². The molecule has 0 spiro atoms. The molecule has 0 saturated heterocycles. The van der Waals surface area contributed by atoms with E-state index < -0.39 is 0 Å². The van der Waals surface area contributed by atoms with E-state index in [1.807, 2.05) is 37.3 Å². The molecule has 0 aliphatic carbocycles. The van der Waals surface area contributed by atoms with E-state index in [1.165, 1.54) is 0 Å². The van der Waals surface area contributed by atoms with Crippen LogP contribution in [0.5, 0.6) is 0 Å². The number of anilines is 2. The fourth-order valence-corrected chi connectivity index (χ4v) is 2.27. The molecule has 0 fully saturated rings. The number of halogens is 1. The summed E-state index contributed by atoms with van der Waals surface area (Å²) in [5, 5.41) is 13.3. The summed E-state index contributed by atoms with van der Waals surface area (Å²) in [5.74, 6) is 0.629. The lowest BCUT2D eigenvalue weighted by atomic mass is 10.1. The van der Waals surface area contributed by atoms with Crippen molar-refractivity contribution in [3.05, 3.63) is 58.9 Å². The number of nitriles is 1. The minimum absolute atomic E-state index is 0.185. The fraction of sp³-hybridized carbons (Fsp3) is 0.0625. The van der Waals surface area contributed by atoms with Gasteiger partial charge in [-0.2, -0.15) is 10.2 Å². The third kappa shape index (κ3) is 2.64. The molecule has 2 aromatic carbocycles. The van der Waals surface area contributed by atoms with E-state index in [1.54, 1.807) is 12.1 Å². The molecule has 3 rings (SSSR count). The first-order valence-electron chi connectivity index (χ1n) is 6.37. The summed E-state index contributed by atoms with van der Waals surface area (Å²) < 4.78 is 0. The van der Waals surface area contributed by atoms with Gasteiger partial charge in [-0.1, -0.05) is 18.2 Å². The van der Waals surface area contributed by atoms with Crippen LogP contribution >= 0.6 is 11.6 Å². The Bertz CT molecular complexity index is 868. The van der Waals surface area contributed by atoms with E-state index in [0.29, 0.717) is 11.4 Å². The highest BCUT2D eigenvalue weighted by molar-refractivity contribution is 6.28. The Labute approximate surface area is 127 Å². The Balaban J connectivity index is 2.12. The first-order chi connectivity index (χ1) is 10.2. The molecule has 1 aromatic heterocycles. The van der Waals surface area contributed by atoms with Gasteiger partial charge in [0.15, 0.2) is 0 Å². The molecule has 5 heteroatoms. The van der Waals surface area contributed by atoms with Gasteiger partial charge < -0.3 is 5.32 Å². The van der Waals surface area contributed by atoms with Crippen molar-refractivity contribution in [3.63, 3.8) is 0 Å². The van der Waals surface area contributed by atoms with Crippen LogP contribution in [0.15, 0.2) is 42.5 Å². The third-order valence-corrected chi connectivity index (χ3v) is 3.36. The van der Waals surface area contributed by atoms with Crippen molar-refractivity contribution in [2.75, 3.05) is 5.32 Å². The molecule has 0 amide bonds. The minimum Gasteiger partial charge on any atom is -0.339 e. The summed E-state index contributed by atoms with van der Waals surface area (Å²) in [4.78, 5) is 8.45. The number of benzene rings is 2. The summed E-state index contributed by atoms with van der Waals surface area (Å²) >= 11 is 5.97.